The molecular weight excluding hydrogens is 239 g/mol. The van der Waals surface area contributed by atoms with E-state index in [-0.39, 0.29) is 12.3 Å². The summed E-state index contributed by atoms with van der Waals surface area (Å²) in [6.07, 6.45) is -8.12. The van der Waals surface area contributed by atoms with Gasteiger partial charge in [-0.25, -0.2) is 13.8 Å². The summed E-state index contributed by atoms with van der Waals surface area (Å²) in [7, 11) is 0. The summed E-state index contributed by atoms with van der Waals surface area (Å²) in [6, 6.07) is -0.0250. The first-order valence-corrected chi connectivity index (χ1v) is 3.73. The Bertz CT molecular complexity index is 418. The Morgan fingerprint density at radius 3 is 2.31 bits per heavy atom. The number of hydrogen-bond acceptors (Lipinski definition) is 3. The lowest BCUT2D eigenvalue weighted by Crippen LogP contribution is -2.10. The molecule has 0 radical (unpaired) electrons. The van der Waals surface area contributed by atoms with E-state index in [2.05, 4.69) is 4.98 Å². The van der Waals surface area contributed by atoms with E-state index in [1.807, 2.05) is 0 Å². The van der Waals surface area contributed by atoms with Gasteiger partial charge in [-0.05, 0) is 6.07 Å². The van der Waals surface area contributed by atoms with Crippen molar-refractivity contribution in [1.82, 2.24) is 4.98 Å². The van der Waals surface area contributed by atoms with Gasteiger partial charge in [0.15, 0.2) is 0 Å². The minimum Gasteiger partial charge on any atom is -0.258 e. The smallest absolute Gasteiger partial charge is 0.258 e. The first-order valence-electron chi connectivity index (χ1n) is 3.73. The molecule has 0 bridgehead atoms. The second-order valence-corrected chi connectivity index (χ2v) is 2.68. The highest BCUT2D eigenvalue weighted by molar-refractivity contribution is 5.40. The van der Waals surface area contributed by atoms with Crippen molar-refractivity contribution in [3.05, 3.63) is 33.6 Å². The van der Waals surface area contributed by atoms with Crippen LogP contribution in [0.4, 0.5) is 27.6 Å². The van der Waals surface area contributed by atoms with E-state index >= 15 is 0 Å². The van der Waals surface area contributed by atoms with Crippen LogP contribution in [0.5, 0.6) is 0 Å². The summed E-state index contributed by atoms with van der Waals surface area (Å²) in [5, 5.41) is 10.2. The van der Waals surface area contributed by atoms with Crippen molar-refractivity contribution in [3.63, 3.8) is 0 Å². The standard InChI is InChI=1S/C7H3F5N2O2/c8-6(9)3-1-5(7(10,11)12)13-2-4(3)14(15)16/h1-2,6H. The van der Waals surface area contributed by atoms with Gasteiger partial charge in [-0.2, -0.15) is 13.2 Å². The van der Waals surface area contributed by atoms with E-state index in [4.69, 9.17) is 0 Å². The second kappa shape index (κ2) is 3.99. The fourth-order valence-corrected chi connectivity index (χ4v) is 0.946. The fraction of sp³-hybridized carbons (Fsp3) is 0.286. The lowest BCUT2D eigenvalue weighted by Gasteiger charge is -2.07. The zero-order chi connectivity index (χ0) is 12.5. The van der Waals surface area contributed by atoms with Crippen LogP contribution in [-0.4, -0.2) is 9.91 Å². The molecule has 0 aliphatic heterocycles. The molecule has 0 aliphatic carbocycles. The summed E-state index contributed by atoms with van der Waals surface area (Å²) in [4.78, 5) is 11.7. The molecular formula is C7H3F5N2O2. The van der Waals surface area contributed by atoms with E-state index in [9.17, 15) is 32.1 Å². The van der Waals surface area contributed by atoms with Gasteiger partial charge in [-0.3, -0.25) is 10.1 Å². The SMILES string of the molecule is O=[N+]([O-])c1cnc(C(F)(F)F)cc1C(F)F. The predicted octanol–water partition coefficient (Wildman–Crippen LogP) is 2.95. The van der Waals surface area contributed by atoms with Crippen molar-refractivity contribution in [2.75, 3.05) is 0 Å². The van der Waals surface area contributed by atoms with Gasteiger partial charge in [0.1, 0.15) is 11.9 Å². The molecule has 0 spiro atoms. The molecule has 0 N–H and O–H groups in total. The van der Waals surface area contributed by atoms with Gasteiger partial charge in [0, 0.05) is 0 Å². The molecule has 88 valence electrons. The van der Waals surface area contributed by atoms with Crippen LogP contribution in [-0.2, 0) is 6.18 Å². The lowest BCUT2D eigenvalue weighted by atomic mass is 10.2. The van der Waals surface area contributed by atoms with Crippen LogP contribution in [0.15, 0.2) is 12.3 Å². The molecule has 0 fully saturated rings. The summed E-state index contributed by atoms with van der Waals surface area (Å²) >= 11 is 0. The summed E-state index contributed by atoms with van der Waals surface area (Å²) in [5.41, 5.74) is -4.02. The monoisotopic (exact) mass is 242 g/mol. The third kappa shape index (κ3) is 2.41. The number of aromatic nitrogens is 1. The first kappa shape index (κ1) is 12.3. The summed E-state index contributed by atoms with van der Waals surface area (Å²) in [6.45, 7) is 0. The van der Waals surface area contributed by atoms with E-state index in [1.54, 1.807) is 0 Å². The Hall–Kier alpha value is -1.80. The highest BCUT2D eigenvalue weighted by Crippen LogP contribution is 2.34. The number of alkyl halides is 5. The Balaban J connectivity index is 3.34. The Kier molecular flexibility index (Phi) is 3.06. The average molecular weight is 242 g/mol. The minimum atomic E-state index is -4.92. The van der Waals surface area contributed by atoms with Crippen LogP contribution in [0.2, 0.25) is 0 Å². The highest BCUT2D eigenvalue weighted by Gasteiger charge is 2.35. The van der Waals surface area contributed by atoms with Crippen LogP contribution in [0.3, 0.4) is 0 Å². The van der Waals surface area contributed by atoms with Crippen LogP contribution in [0.25, 0.3) is 0 Å². The van der Waals surface area contributed by atoms with Gasteiger partial charge in [-0.1, -0.05) is 0 Å². The zero-order valence-electron chi connectivity index (χ0n) is 7.33. The molecule has 1 rings (SSSR count). The molecule has 0 amide bonds. The number of halogens is 5. The molecule has 0 aromatic carbocycles. The Morgan fingerprint density at radius 1 is 1.38 bits per heavy atom. The predicted molar refractivity (Wildman–Crippen MR) is 40.9 cm³/mol. The number of rotatable bonds is 2. The average Bonchev–Trinajstić information content (AvgIpc) is 2.15. The molecule has 1 heterocycles. The molecule has 9 heteroatoms. The Labute approximate surface area is 84.9 Å². The van der Waals surface area contributed by atoms with Crippen molar-refractivity contribution < 1.29 is 26.9 Å². The van der Waals surface area contributed by atoms with Crippen molar-refractivity contribution in [3.8, 4) is 0 Å². The fourth-order valence-electron chi connectivity index (χ4n) is 0.946. The van der Waals surface area contributed by atoms with E-state index < -0.39 is 34.5 Å². The second-order valence-electron chi connectivity index (χ2n) is 2.68. The molecule has 0 saturated carbocycles. The maximum Gasteiger partial charge on any atom is 0.433 e. The van der Waals surface area contributed by atoms with Crippen LogP contribution in [0.1, 0.15) is 17.7 Å². The molecule has 0 saturated heterocycles. The van der Waals surface area contributed by atoms with E-state index in [0.717, 1.165) is 0 Å². The van der Waals surface area contributed by atoms with Gasteiger partial charge in [0.25, 0.3) is 12.1 Å². The number of nitrogens with zero attached hydrogens (tertiary/aromatic N) is 2. The largest absolute Gasteiger partial charge is 0.433 e. The van der Waals surface area contributed by atoms with Crippen molar-refractivity contribution in [2.24, 2.45) is 0 Å². The lowest BCUT2D eigenvalue weighted by molar-refractivity contribution is -0.386. The van der Waals surface area contributed by atoms with Gasteiger partial charge in [-0.15, -0.1) is 0 Å². The summed E-state index contributed by atoms with van der Waals surface area (Å²) in [5.74, 6) is 0. The number of hydrogen-bond donors (Lipinski definition) is 0. The van der Waals surface area contributed by atoms with Crippen LogP contribution >= 0.6 is 0 Å². The topological polar surface area (TPSA) is 56.0 Å². The quantitative estimate of drug-likeness (QED) is 0.455. The number of nitro groups is 1. The third-order valence-corrected chi connectivity index (χ3v) is 1.64. The van der Waals surface area contributed by atoms with Crippen LogP contribution in [0, 0.1) is 10.1 Å². The highest BCUT2D eigenvalue weighted by atomic mass is 19.4. The van der Waals surface area contributed by atoms with Crippen molar-refractivity contribution in [1.29, 1.82) is 0 Å². The van der Waals surface area contributed by atoms with Crippen molar-refractivity contribution in [2.45, 2.75) is 12.6 Å². The molecule has 0 aliphatic rings. The van der Waals surface area contributed by atoms with Crippen LogP contribution < -0.4 is 0 Å². The molecule has 4 nitrogen and oxygen atoms in total. The molecule has 1 aromatic rings. The molecule has 0 unspecified atom stereocenters. The van der Waals surface area contributed by atoms with Gasteiger partial charge in [0.2, 0.25) is 0 Å². The third-order valence-electron chi connectivity index (χ3n) is 1.64. The van der Waals surface area contributed by atoms with Gasteiger partial charge >= 0.3 is 6.18 Å². The van der Waals surface area contributed by atoms with Gasteiger partial charge in [0.05, 0.1) is 10.5 Å². The first-order chi connectivity index (χ1) is 7.23. The maximum absolute atomic E-state index is 12.3. The molecule has 1 aromatic heterocycles. The van der Waals surface area contributed by atoms with Gasteiger partial charge < -0.3 is 0 Å². The Morgan fingerprint density at radius 2 is 1.94 bits per heavy atom. The molecule has 16 heavy (non-hydrogen) atoms. The molecule has 0 atom stereocenters. The van der Waals surface area contributed by atoms with Crippen molar-refractivity contribution >= 4 is 5.69 Å². The normalized spacial score (nSPS) is 11.9. The van der Waals surface area contributed by atoms with E-state index in [0.29, 0.717) is 0 Å². The summed E-state index contributed by atoms with van der Waals surface area (Å²) < 4.78 is 60.8. The van der Waals surface area contributed by atoms with E-state index in [1.165, 1.54) is 0 Å². The minimum absolute atomic E-state index is 0.0250. The zero-order valence-corrected chi connectivity index (χ0v) is 7.33. The maximum atomic E-state index is 12.3. The number of pyridine rings is 1.